The van der Waals surface area contributed by atoms with Gasteiger partial charge >= 0.3 is 0 Å². The first-order valence-electron chi connectivity index (χ1n) is 6.13. The van der Waals surface area contributed by atoms with Crippen molar-refractivity contribution in [1.29, 1.82) is 0 Å². The summed E-state index contributed by atoms with van der Waals surface area (Å²) in [6, 6.07) is 0.769. The third-order valence-electron chi connectivity index (χ3n) is 2.93. The van der Waals surface area contributed by atoms with Gasteiger partial charge in [0.25, 0.3) is 0 Å². The topological polar surface area (TPSA) is 29.9 Å². The highest BCUT2D eigenvalue weighted by Gasteiger charge is 2.20. The Hall–Kier alpha value is -0.830. The SMILES string of the molecule is CCCCCn1ccnc1CNC1CC1. The number of hydrogen-bond donors (Lipinski definition) is 1. The van der Waals surface area contributed by atoms with Crippen molar-refractivity contribution in [3.8, 4) is 0 Å². The Labute approximate surface area is 91.9 Å². The number of hydrogen-bond acceptors (Lipinski definition) is 2. The number of aromatic nitrogens is 2. The Morgan fingerprint density at radius 3 is 3.07 bits per heavy atom. The molecule has 0 aliphatic heterocycles. The molecule has 15 heavy (non-hydrogen) atoms. The van der Waals surface area contributed by atoms with Crippen LogP contribution in [-0.4, -0.2) is 15.6 Å². The Bertz CT molecular complexity index is 289. The molecule has 0 amide bonds. The molecule has 3 heteroatoms. The van der Waals surface area contributed by atoms with E-state index in [1.165, 1.54) is 37.9 Å². The van der Waals surface area contributed by atoms with Crippen LogP contribution in [0.3, 0.4) is 0 Å². The van der Waals surface area contributed by atoms with Crippen LogP contribution in [0.4, 0.5) is 0 Å². The fourth-order valence-electron chi connectivity index (χ4n) is 1.77. The standard InChI is InChI=1S/C12H21N3/c1-2-3-4-8-15-9-7-13-12(15)10-14-11-5-6-11/h7,9,11,14H,2-6,8,10H2,1H3. The largest absolute Gasteiger partial charge is 0.334 e. The van der Waals surface area contributed by atoms with Crippen molar-refractivity contribution in [2.24, 2.45) is 0 Å². The lowest BCUT2D eigenvalue weighted by molar-refractivity contribution is 0.555. The molecule has 0 unspecified atom stereocenters. The maximum absolute atomic E-state index is 4.40. The summed E-state index contributed by atoms with van der Waals surface area (Å²) in [6.07, 6.45) is 10.6. The summed E-state index contributed by atoms with van der Waals surface area (Å²) < 4.78 is 2.28. The number of unbranched alkanes of at least 4 members (excludes halogenated alkanes) is 2. The minimum Gasteiger partial charge on any atom is -0.334 e. The van der Waals surface area contributed by atoms with E-state index >= 15 is 0 Å². The van der Waals surface area contributed by atoms with Gasteiger partial charge in [0, 0.05) is 25.0 Å². The lowest BCUT2D eigenvalue weighted by atomic mass is 10.2. The first-order valence-corrected chi connectivity index (χ1v) is 6.13. The molecule has 0 saturated heterocycles. The first kappa shape index (κ1) is 10.7. The fourth-order valence-corrected chi connectivity index (χ4v) is 1.77. The van der Waals surface area contributed by atoms with E-state index in [1.807, 2.05) is 6.20 Å². The van der Waals surface area contributed by atoms with Gasteiger partial charge in [-0.1, -0.05) is 19.8 Å². The Morgan fingerprint density at radius 2 is 2.33 bits per heavy atom. The highest BCUT2D eigenvalue weighted by molar-refractivity contribution is 4.94. The van der Waals surface area contributed by atoms with Gasteiger partial charge in [-0.2, -0.15) is 0 Å². The zero-order chi connectivity index (χ0) is 10.5. The van der Waals surface area contributed by atoms with E-state index in [0.717, 1.165) is 19.1 Å². The molecule has 3 nitrogen and oxygen atoms in total. The summed E-state index contributed by atoms with van der Waals surface area (Å²) in [7, 11) is 0. The Morgan fingerprint density at radius 1 is 1.47 bits per heavy atom. The van der Waals surface area contributed by atoms with Crippen LogP contribution in [0.15, 0.2) is 12.4 Å². The highest BCUT2D eigenvalue weighted by atomic mass is 15.1. The van der Waals surface area contributed by atoms with Crippen molar-refractivity contribution in [2.45, 2.75) is 58.2 Å². The molecule has 2 rings (SSSR count). The van der Waals surface area contributed by atoms with Crippen LogP contribution < -0.4 is 5.32 Å². The summed E-state index contributed by atoms with van der Waals surface area (Å²) in [5.74, 6) is 1.19. The van der Waals surface area contributed by atoms with Gasteiger partial charge in [0.15, 0.2) is 0 Å². The molecule has 0 radical (unpaired) electrons. The van der Waals surface area contributed by atoms with Crippen molar-refractivity contribution in [3.05, 3.63) is 18.2 Å². The molecule has 0 spiro atoms. The number of imidazole rings is 1. The number of nitrogens with zero attached hydrogens (tertiary/aromatic N) is 2. The molecule has 0 bridgehead atoms. The molecule has 0 aromatic carbocycles. The maximum atomic E-state index is 4.40. The van der Waals surface area contributed by atoms with Gasteiger partial charge in [-0.15, -0.1) is 0 Å². The fraction of sp³-hybridized carbons (Fsp3) is 0.750. The van der Waals surface area contributed by atoms with Gasteiger partial charge in [0.1, 0.15) is 5.82 Å². The normalized spacial score (nSPS) is 15.8. The molecule has 1 N–H and O–H groups in total. The quantitative estimate of drug-likeness (QED) is 0.695. The summed E-state index contributed by atoms with van der Waals surface area (Å²) >= 11 is 0. The molecule has 1 saturated carbocycles. The Balaban J connectivity index is 1.78. The number of nitrogens with one attached hydrogen (secondary N) is 1. The first-order chi connectivity index (χ1) is 7.40. The molecule has 84 valence electrons. The average Bonchev–Trinajstić information content (AvgIpc) is 2.97. The Kier molecular flexibility index (Phi) is 3.78. The molecule has 1 aliphatic rings. The van der Waals surface area contributed by atoms with Crippen LogP contribution in [0.25, 0.3) is 0 Å². The van der Waals surface area contributed by atoms with Crippen LogP contribution in [0.5, 0.6) is 0 Å². The summed E-state index contributed by atoms with van der Waals surface area (Å²) in [6.45, 7) is 4.29. The summed E-state index contributed by atoms with van der Waals surface area (Å²) in [5, 5.41) is 3.51. The molecular formula is C12H21N3. The van der Waals surface area contributed by atoms with E-state index in [0.29, 0.717) is 0 Å². The van der Waals surface area contributed by atoms with Crippen molar-refractivity contribution < 1.29 is 0 Å². The van der Waals surface area contributed by atoms with Crippen molar-refractivity contribution in [3.63, 3.8) is 0 Å². The summed E-state index contributed by atoms with van der Waals surface area (Å²) in [4.78, 5) is 4.40. The van der Waals surface area contributed by atoms with Gasteiger partial charge in [0.2, 0.25) is 0 Å². The van der Waals surface area contributed by atoms with Crippen LogP contribution in [0, 0.1) is 0 Å². The monoisotopic (exact) mass is 207 g/mol. The van der Waals surface area contributed by atoms with Gasteiger partial charge in [-0.3, -0.25) is 0 Å². The van der Waals surface area contributed by atoms with E-state index in [1.54, 1.807) is 0 Å². The second kappa shape index (κ2) is 5.31. The van der Waals surface area contributed by atoms with E-state index in [-0.39, 0.29) is 0 Å². The lowest BCUT2D eigenvalue weighted by Gasteiger charge is -2.07. The van der Waals surface area contributed by atoms with Crippen LogP contribution >= 0.6 is 0 Å². The zero-order valence-electron chi connectivity index (χ0n) is 9.58. The maximum Gasteiger partial charge on any atom is 0.122 e. The second-order valence-corrected chi connectivity index (χ2v) is 4.40. The molecule has 1 aromatic heterocycles. The van der Waals surface area contributed by atoms with Gasteiger partial charge in [-0.05, 0) is 19.3 Å². The molecule has 0 atom stereocenters. The van der Waals surface area contributed by atoms with Crippen molar-refractivity contribution in [2.75, 3.05) is 0 Å². The number of aryl methyl sites for hydroxylation is 1. The van der Waals surface area contributed by atoms with Crippen LogP contribution in [0.1, 0.15) is 44.9 Å². The molecule has 1 aliphatic carbocycles. The van der Waals surface area contributed by atoms with Gasteiger partial charge in [-0.25, -0.2) is 4.98 Å². The van der Waals surface area contributed by atoms with E-state index in [4.69, 9.17) is 0 Å². The van der Waals surface area contributed by atoms with Crippen molar-refractivity contribution in [1.82, 2.24) is 14.9 Å². The lowest BCUT2D eigenvalue weighted by Crippen LogP contribution is -2.18. The smallest absolute Gasteiger partial charge is 0.122 e. The minimum absolute atomic E-state index is 0.769. The molecular weight excluding hydrogens is 186 g/mol. The predicted octanol–water partition coefficient (Wildman–Crippen LogP) is 2.33. The zero-order valence-corrected chi connectivity index (χ0v) is 9.58. The van der Waals surface area contributed by atoms with Gasteiger partial charge < -0.3 is 9.88 Å². The third kappa shape index (κ3) is 3.34. The highest BCUT2D eigenvalue weighted by Crippen LogP contribution is 2.19. The second-order valence-electron chi connectivity index (χ2n) is 4.40. The summed E-state index contributed by atoms with van der Waals surface area (Å²) in [5.41, 5.74) is 0. The molecule has 1 fully saturated rings. The van der Waals surface area contributed by atoms with Crippen LogP contribution in [0.2, 0.25) is 0 Å². The average molecular weight is 207 g/mol. The van der Waals surface area contributed by atoms with Crippen LogP contribution in [-0.2, 0) is 13.1 Å². The van der Waals surface area contributed by atoms with E-state index in [2.05, 4.69) is 28.0 Å². The van der Waals surface area contributed by atoms with Gasteiger partial charge in [0.05, 0.1) is 6.54 Å². The van der Waals surface area contributed by atoms with Crippen molar-refractivity contribution >= 4 is 0 Å². The van der Waals surface area contributed by atoms with E-state index < -0.39 is 0 Å². The van der Waals surface area contributed by atoms with E-state index in [9.17, 15) is 0 Å². The minimum atomic E-state index is 0.769. The predicted molar refractivity (Wildman–Crippen MR) is 61.6 cm³/mol. The number of rotatable bonds is 7. The molecule has 1 aromatic rings. The molecule has 1 heterocycles. The third-order valence-corrected chi connectivity index (χ3v) is 2.93.